The van der Waals surface area contributed by atoms with Crippen LogP contribution in [-0.4, -0.2) is 25.8 Å². The molecule has 3 aromatic carbocycles. The Labute approximate surface area is 320 Å². The molecule has 13 heteroatoms. The van der Waals surface area contributed by atoms with Gasteiger partial charge in [0.2, 0.25) is 5.91 Å². The van der Waals surface area contributed by atoms with Crippen LogP contribution in [0.3, 0.4) is 0 Å². The summed E-state index contributed by atoms with van der Waals surface area (Å²) in [5.74, 6) is 0.824. The number of benzene rings is 3. The number of rotatable bonds is 8. The van der Waals surface area contributed by atoms with Crippen LogP contribution in [0.15, 0.2) is 99.1 Å². The number of carbonyl (C=O) groups is 1. The zero-order valence-electron chi connectivity index (χ0n) is 29.7. The van der Waals surface area contributed by atoms with Gasteiger partial charge in [0.25, 0.3) is 0 Å². The van der Waals surface area contributed by atoms with E-state index in [0.717, 1.165) is 22.6 Å². The maximum atomic E-state index is 16.2. The van der Waals surface area contributed by atoms with Crippen LogP contribution >= 0.6 is 34.3 Å². The highest BCUT2D eigenvalue weighted by Crippen LogP contribution is 2.51. The number of amides is 1. The molecule has 1 amide bonds. The Bertz CT molecular complexity index is 1990. The summed E-state index contributed by atoms with van der Waals surface area (Å²) in [6.07, 6.45) is 0.583. The Kier molecular flexibility index (Phi) is 13.6. The molecule has 2 aromatic heterocycles. The molecule has 2 atom stereocenters. The van der Waals surface area contributed by atoms with Crippen LogP contribution in [0.2, 0.25) is 0 Å². The van der Waals surface area contributed by atoms with Crippen LogP contribution < -0.4 is 19.7 Å². The minimum Gasteiger partial charge on any atom is -0.489 e. The van der Waals surface area contributed by atoms with Crippen molar-refractivity contribution in [3.05, 3.63) is 127 Å². The third-order valence-corrected chi connectivity index (χ3v) is 11.6. The van der Waals surface area contributed by atoms with Crippen molar-refractivity contribution >= 4 is 62.4 Å². The Morgan fingerprint density at radius 1 is 1.00 bits per heavy atom. The lowest BCUT2D eigenvalue weighted by atomic mass is 9.88. The van der Waals surface area contributed by atoms with Crippen molar-refractivity contribution < 1.29 is 22.9 Å². The fraction of sp³-hybridized carbons (Fsp3) is 0.308. The number of ether oxygens (including phenoxy) is 2. The summed E-state index contributed by atoms with van der Waals surface area (Å²) in [5, 5.41) is 7.32. The SMILES string of the molecule is CC.CC(=O)N1c2c(cccc2OCc2cscn2)NC2=C(C1c1ccc(OCc3ccccc3)cc1F)S(=O)CC(C)(C)C2.ClCc1cscn1. The number of anilines is 2. The fourth-order valence-corrected chi connectivity index (χ4v) is 9.11. The summed E-state index contributed by atoms with van der Waals surface area (Å²) in [7, 11) is -1.49. The van der Waals surface area contributed by atoms with E-state index in [9.17, 15) is 9.00 Å². The molecule has 2 aliphatic heterocycles. The summed E-state index contributed by atoms with van der Waals surface area (Å²) in [4.78, 5) is 23.8. The molecule has 0 aliphatic carbocycles. The van der Waals surface area contributed by atoms with Gasteiger partial charge in [-0.1, -0.05) is 64.1 Å². The zero-order chi connectivity index (χ0) is 37.3. The second-order valence-corrected chi connectivity index (χ2v) is 15.7. The molecule has 8 nitrogen and oxygen atoms in total. The number of nitrogens with zero attached hydrogens (tertiary/aromatic N) is 3. The monoisotopic (exact) mass is 780 g/mol. The molecule has 0 bridgehead atoms. The van der Waals surface area contributed by atoms with E-state index in [-0.39, 0.29) is 30.1 Å². The number of para-hydroxylation sites is 1. The predicted octanol–water partition coefficient (Wildman–Crippen LogP) is 10.3. The number of hydrogen-bond donors (Lipinski definition) is 1. The maximum absolute atomic E-state index is 16.2. The quantitative estimate of drug-likeness (QED) is 0.157. The molecule has 2 unspecified atom stereocenters. The van der Waals surface area contributed by atoms with Crippen molar-refractivity contribution in [2.75, 3.05) is 16.0 Å². The summed E-state index contributed by atoms with van der Waals surface area (Å²) >= 11 is 8.45. The lowest BCUT2D eigenvalue weighted by molar-refractivity contribution is -0.116. The van der Waals surface area contributed by atoms with E-state index in [2.05, 4.69) is 29.1 Å². The first-order valence-corrected chi connectivity index (χ1v) is 20.6. The first kappa shape index (κ1) is 39.1. The van der Waals surface area contributed by atoms with E-state index in [1.54, 1.807) is 40.6 Å². The van der Waals surface area contributed by atoms with Gasteiger partial charge in [0, 0.05) is 40.8 Å². The van der Waals surface area contributed by atoms with E-state index < -0.39 is 22.7 Å². The van der Waals surface area contributed by atoms with Crippen LogP contribution in [0.25, 0.3) is 0 Å². The smallest absolute Gasteiger partial charge is 0.224 e. The average Bonchev–Trinajstić information content (AvgIpc) is 3.84. The first-order valence-electron chi connectivity index (χ1n) is 16.8. The number of alkyl halides is 1. The van der Waals surface area contributed by atoms with Crippen LogP contribution in [0.4, 0.5) is 15.8 Å². The van der Waals surface area contributed by atoms with E-state index in [4.69, 9.17) is 21.1 Å². The highest BCUT2D eigenvalue weighted by Gasteiger charge is 2.44. The first-order chi connectivity index (χ1) is 25.1. The predicted molar refractivity (Wildman–Crippen MR) is 211 cm³/mol. The molecule has 4 heterocycles. The number of fused-ring (bicyclic) bond motifs is 1. The van der Waals surface area contributed by atoms with Crippen LogP contribution in [0.5, 0.6) is 11.5 Å². The molecular weight excluding hydrogens is 739 g/mol. The third-order valence-electron chi connectivity index (χ3n) is 8.09. The largest absolute Gasteiger partial charge is 0.489 e. The second-order valence-electron chi connectivity index (χ2n) is 12.6. The number of aromatic nitrogens is 2. The fourth-order valence-electron chi connectivity index (χ4n) is 5.92. The minimum absolute atomic E-state index is 0.199. The van der Waals surface area contributed by atoms with Gasteiger partial charge < -0.3 is 14.8 Å². The Balaban J connectivity index is 0.000000514. The average molecular weight is 781 g/mol. The van der Waals surface area contributed by atoms with E-state index in [1.165, 1.54) is 29.2 Å². The van der Waals surface area contributed by atoms with Crippen molar-refractivity contribution in [2.24, 2.45) is 5.41 Å². The molecule has 0 saturated carbocycles. The molecule has 2 aliphatic rings. The normalized spacial score (nSPS) is 17.2. The Morgan fingerprint density at radius 3 is 2.33 bits per heavy atom. The van der Waals surface area contributed by atoms with Gasteiger partial charge in [0.1, 0.15) is 42.3 Å². The van der Waals surface area contributed by atoms with Gasteiger partial charge in [-0.25, -0.2) is 14.4 Å². The highest BCUT2D eigenvalue weighted by molar-refractivity contribution is 7.89. The van der Waals surface area contributed by atoms with Crippen molar-refractivity contribution in [1.82, 2.24) is 9.97 Å². The Morgan fingerprint density at radius 2 is 1.71 bits per heavy atom. The Hall–Kier alpha value is -4.10. The van der Waals surface area contributed by atoms with Gasteiger partial charge in [-0.05, 0) is 41.7 Å². The lowest BCUT2D eigenvalue weighted by Crippen LogP contribution is -2.38. The van der Waals surface area contributed by atoms with Crippen molar-refractivity contribution in [1.29, 1.82) is 0 Å². The number of halogens is 2. The van der Waals surface area contributed by atoms with E-state index >= 15 is 4.39 Å². The van der Waals surface area contributed by atoms with Crippen molar-refractivity contribution in [3.8, 4) is 11.5 Å². The standard InChI is InChI=1S/C33H32FN3O4S2.C4H4ClNS.C2H6/c1-21(38)37-30(25-13-12-24(14-26(25)34)40-16-22-8-5-4-6-9-22)32-28(15-33(2,3)19-43(32)39)36-27-10-7-11-29(31(27)37)41-17-23-18-42-20-35-23;5-1-4-2-7-3-6-4;1-2/h4-14,18,20,30,36H,15-17,19H2,1-3H3;2-3H,1H2;1-2H3. The van der Waals surface area contributed by atoms with E-state index in [0.29, 0.717) is 45.8 Å². The van der Waals surface area contributed by atoms with Gasteiger partial charge in [0.15, 0.2) is 0 Å². The van der Waals surface area contributed by atoms with Crippen LogP contribution in [0.1, 0.15) is 69.6 Å². The van der Waals surface area contributed by atoms with Gasteiger partial charge >= 0.3 is 0 Å². The highest BCUT2D eigenvalue weighted by atomic mass is 35.5. The van der Waals surface area contributed by atoms with Gasteiger partial charge in [0.05, 0.1) is 49.7 Å². The molecule has 7 rings (SSSR count). The van der Waals surface area contributed by atoms with Gasteiger partial charge in [-0.2, -0.15) is 0 Å². The molecule has 0 radical (unpaired) electrons. The number of allylic oxidation sites excluding steroid dienone is 1. The summed E-state index contributed by atoms with van der Waals surface area (Å²) < 4.78 is 42.3. The molecule has 274 valence electrons. The number of carbonyl (C=O) groups excluding carboxylic acids is 1. The molecule has 0 spiro atoms. The lowest BCUT2D eigenvalue weighted by Gasteiger charge is -2.37. The van der Waals surface area contributed by atoms with Crippen LogP contribution in [0, 0.1) is 11.2 Å². The summed E-state index contributed by atoms with van der Waals surface area (Å²) in [5.41, 5.74) is 7.96. The molecular formula is C39H42ClFN4O4S3. The topological polar surface area (TPSA) is 93.7 Å². The van der Waals surface area contributed by atoms with Gasteiger partial charge in [-0.15, -0.1) is 34.3 Å². The number of thiazole rings is 2. The molecule has 0 saturated heterocycles. The van der Waals surface area contributed by atoms with E-state index in [1.807, 2.05) is 67.1 Å². The molecule has 0 fully saturated rings. The second kappa shape index (κ2) is 18.1. The van der Waals surface area contributed by atoms with Crippen molar-refractivity contribution in [2.45, 2.75) is 66.2 Å². The zero-order valence-corrected chi connectivity index (χ0v) is 32.9. The van der Waals surface area contributed by atoms with Gasteiger partial charge in [-0.3, -0.25) is 13.9 Å². The number of nitrogens with one attached hydrogen (secondary N) is 1. The third kappa shape index (κ3) is 9.46. The maximum Gasteiger partial charge on any atom is 0.224 e. The summed E-state index contributed by atoms with van der Waals surface area (Å²) in [6.45, 7) is 10.0. The summed E-state index contributed by atoms with van der Waals surface area (Å²) in [6, 6.07) is 18.8. The molecule has 1 N–H and O–H groups in total. The molecule has 5 aromatic rings. The molecule has 52 heavy (non-hydrogen) atoms. The number of hydrogen-bond acceptors (Lipinski definition) is 9. The van der Waals surface area contributed by atoms with Crippen molar-refractivity contribution in [3.63, 3.8) is 0 Å². The minimum atomic E-state index is -1.49. The van der Waals surface area contributed by atoms with Crippen LogP contribution in [-0.2, 0) is 34.7 Å².